The number of likely N-dealkylation sites (tertiary alicyclic amines) is 1. The molecule has 1 aromatic heterocycles. The molecular weight excluding hydrogens is 442 g/mol. The first-order chi connectivity index (χ1) is 17.0. The number of ketones is 1. The molecule has 1 saturated heterocycles. The lowest BCUT2D eigenvalue weighted by molar-refractivity contribution is -0.140. The second-order valence-electron chi connectivity index (χ2n) is 8.27. The fourth-order valence-corrected chi connectivity index (χ4v) is 4.44. The summed E-state index contributed by atoms with van der Waals surface area (Å²) in [6, 6.07) is 17.5. The van der Waals surface area contributed by atoms with E-state index in [1.165, 1.54) is 4.90 Å². The van der Waals surface area contributed by atoms with Gasteiger partial charge < -0.3 is 19.6 Å². The van der Waals surface area contributed by atoms with Crippen LogP contribution in [0.2, 0.25) is 0 Å². The third-order valence-corrected chi connectivity index (χ3v) is 6.34. The van der Waals surface area contributed by atoms with Gasteiger partial charge in [0, 0.05) is 43.3 Å². The van der Waals surface area contributed by atoms with Crippen molar-refractivity contribution in [2.24, 2.45) is 0 Å². The topological polar surface area (TPSA) is 83.0 Å². The first-order valence-corrected chi connectivity index (χ1v) is 11.6. The minimum Gasteiger partial charge on any atom is -0.507 e. The quantitative estimate of drug-likeness (QED) is 0.295. The van der Waals surface area contributed by atoms with E-state index in [-0.39, 0.29) is 17.9 Å². The van der Waals surface area contributed by atoms with E-state index in [0.29, 0.717) is 11.3 Å². The molecule has 7 heteroatoms. The number of aliphatic hydroxyl groups excluding tert-OH is 1. The highest BCUT2D eigenvalue weighted by molar-refractivity contribution is 6.46. The Balaban J connectivity index is 1.82. The Bertz CT molecular complexity index is 1220. The normalized spacial score (nSPS) is 17.0. The Morgan fingerprint density at radius 1 is 0.971 bits per heavy atom. The Morgan fingerprint density at radius 3 is 2.17 bits per heavy atom. The van der Waals surface area contributed by atoms with Gasteiger partial charge in [0.25, 0.3) is 11.7 Å². The molecule has 0 bridgehead atoms. The number of aromatic nitrogens is 1. The van der Waals surface area contributed by atoms with Crippen LogP contribution < -0.4 is 9.64 Å². The molecule has 7 nitrogen and oxygen atoms in total. The summed E-state index contributed by atoms with van der Waals surface area (Å²) >= 11 is 0. The minimum atomic E-state index is -0.726. The van der Waals surface area contributed by atoms with E-state index < -0.39 is 17.7 Å². The van der Waals surface area contributed by atoms with E-state index in [9.17, 15) is 14.7 Å². The number of anilines is 1. The van der Waals surface area contributed by atoms with Crippen molar-refractivity contribution < 1.29 is 19.4 Å². The van der Waals surface area contributed by atoms with Crippen molar-refractivity contribution in [3.05, 3.63) is 95.3 Å². The third kappa shape index (κ3) is 4.75. The van der Waals surface area contributed by atoms with Crippen LogP contribution in [0, 0.1) is 0 Å². The lowest BCUT2D eigenvalue weighted by atomic mass is 9.95. The van der Waals surface area contributed by atoms with Crippen molar-refractivity contribution >= 4 is 23.1 Å². The summed E-state index contributed by atoms with van der Waals surface area (Å²) in [5.74, 6) is -0.927. The molecule has 1 aliphatic rings. The van der Waals surface area contributed by atoms with Crippen LogP contribution in [0.5, 0.6) is 5.75 Å². The van der Waals surface area contributed by atoms with Crippen molar-refractivity contribution in [1.29, 1.82) is 0 Å². The number of methoxy groups -OCH3 is 1. The van der Waals surface area contributed by atoms with Crippen LogP contribution in [0.1, 0.15) is 36.6 Å². The van der Waals surface area contributed by atoms with E-state index in [1.54, 1.807) is 43.8 Å². The average molecular weight is 472 g/mol. The molecule has 4 rings (SSSR count). The molecule has 2 aromatic carbocycles. The molecule has 0 aliphatic carbocycles. The van der Waals surface area contributed by atoms with Gasteiger partial charge in [-0.25, -0.2) is 0 Å². The summed E-state index contributed by atoms with van der Waals surface area (Å²) in [7, 11) is 1.56. The van der Waals surface area contributed by atoms with Crippen LogP contribution in [0.4, 0.5) is 5.69 Å². The van der Waals surface area contributed by atoms with Gasteiger partial charge in [0.15, 0.2) is 0 Å². The SMILES string of the molecule is CCN(CC)c1ccc(C2/C(=C(/O)c3ccc(OC)cc3)C(=O)C(=O)N2Cc2ccncc2)cc1. The van der Waals surface area contributed by atoms with Crippen molar-refractivity contribution in [3.8, 4) is 5.75 Å². The number of benzene rings is 2. The molecule has 1 N–H and O–H groups in total. The number of hydrogen-bond acceptors (Lipinski definition) is 6. The van der Waals surface area contributed by atoms with E-state index in [4.69, 9.17) is 4.74 Å². The second-order valence-corrected chi connectivity index (χ2v) is 8.27. The number of hydrogen-bond donors (Lipinski definition) is 1. The van der Waals surface area contributed by atoms with E-state index in [2.05, 4.69) is 23.7 Å². The molecule has 1 aliphatic heterocycles. The van der Waals surface area contributed by atoms with Crippen molar-refractivity contribution in [2.45, 2.75) is 26.4 Å². The number of rotatable bonds is 8. The predicted molar refractivity (Wildman–Crippen MR) is 135 cm³/mol. The van der Waals surface area contributed by atoms with Gasteiger partial charge in [-0.2, -0.15) is 0 Å². The molecule has 0 radical (unpaired) electrons. The van der Waals surface area contributed by atoms with Crippen LogP contribution >= 0.6 is 0 Å². The molecule has 1 atom stereocenters. The summed E-state index contributed by atoms with van der Waals surface area (Å²) in [6.45, 7) is 6.14. The number of carbonyl (C=O) groups excluding carboxylic acids is 2. The molecule has 1 fully saturated rings. The first-order valence-electron chi connectivity index (χ1n) is 11.6. The van der Waals surface area contributed by atoms with Crippen molar-refractivity contribution in [2.75, 3.05) is 25.1 Å². The zero-order valence-electron chi connectivity index (χ0n) is 20.1. The van der Waals surface area contributed by atoms with Crippen LogP contribution in [0.15, 0.2) is 78.6 Å². The molecule has 35 heavy (non-hydrogen) atoms. The van der Waals surface area contributed by atoms with Gasteiger partial charge in [0.2, 0.25) is 0 Å². The molecule has 180 valence electrons. The number of ether oxygens (including phenoxy) is 1. The molecular formula is C28H29N3O4. The van der Waals surface area contributed by atoms with Gasteiger partial charge in [0.05, 0.1) is 18.7 Å². The number of Topliss-reactive ketones (excluding diaryl/α,β-unsaturated/α-hetero) is 1. The molecule has 0 spiro atoms. The summed E-state index contributed by atoms with van der Waals surface area (Å²) in [5.41, 5.74) is 3.17. The molecule has 2 heterocycles. The van der Waals surface area contributed by atoms with Gasteiger partial charge in [-0.3, -0.25) is 14.6 Å². The summed E-state index contributed by atoms with van der Waals surface area (Å²) < 4.78 is 5.20. The van der Waals surface area contributed by atoms with Crippen molar-refractivity contribution in [3.63, 3.8) is 0 Å². The molecule has 1 amide bonds. The lowest BCUT2D eigenvalue weighted by Gasteiger charge is -2.26. The number of carbonyl (C=O) groups is 2. The maximum Gasteiger partial charge on any atom is 0.295 e. The minimum absolute atomic E-state index is 0.0739. The van der Waals surface area contributed by atoms with E-state index in [1.807, 2.05) is 36.4 Å². The van der Waals surface area contributed by atoms with E-state index in [0.717, 1.165) is 29.9 Å². The zero-order chi connectivity index (χ0) is 24.9. The lowest BCUT2D eigenvalue weighted by Crippen LogP contribution is -2.29. The summed E-state index contributed by atoms with van der Waals surface area (Å²) in [6.07, 6.45) is 3.30. The fourth-order valence-electron chi connectivity index (χ4n) is 4.44. The van der Waals surface area contributed by atoms with Gasteiger partial charge in [-0.15, -0.1) is 0 Å². The van der Waals surface area contributed by atoms with Gasteiger partial charge in [0.1, 0.15) is 11.5 Å². The summed E-state index contributed by atoms with van der Waals surface area (Å²) in [5, 5.41) is 11.2. The highest BCUT2D eigenvalue weighted by Gasteiger charge is 2.46. The fraction of sp³-hybridized carbons (Fsp3) is 0.250. The maximum absolute atomic E-state index is 13.2. The van der Waals surface area contributed by atoms with Crippen LogP contribution in [-0.4, -0.2) is 46.9 Å². The Morgan fingerprint density at radius 2 is 1.60 bits per heavy atom. The van der Waals surface area contributed by atoms with Crippen LogP contribution in [0.25, 0.3) is 5.76 Å². The van der Waals surface area contributed by atoms with Crippen molar-refractivity contribution in [1.82, 2.24) is 9.88 Å². The van der Waals surface area contributed by atoms with Gasteiger partial charge in [-0.1, -0.05) is 12.1 Å². The molecule has 3 aromatic rings. The van der Waals surface area contributed by atoms with Crippen LogP contribution in [-0.2, 0) is 16.1 Å². The first kappa shape index (κ1) is 24.0. The number of aliphatic hydroxyl groups is 1. The largest absolute Gasteiger partial charge is 0.507 e. The number of amides is 1. The number of pyridine rings is 1. The summed E-state index contributed by atoms with van der Waals surface area (Å²) in [4.78, 5) is 34.2. The molecule has 1 unspecified atom stereocenters. The predicted octanol–water partition coefficient (Wildman–Crippen LogP) is 4.56. The smallest absolute Gasteiger partial charge is 0.295 e. The zero-order valence-corrected chi connectivity index (χ0v) is 20.1. The number of nitrogens with zero attached hydrogens (tertiary/aromatic N) is 3. The van der Waals surface area contributed by atoms with Gasteiger partial charge >= 0.3 is 0 Å². The van der Waals surface area contributed by atoms with Gasteiger partial charge in [-0.05, 0) is 73.5 Å². The Kier molecular flexibility index (Phi) is 7.15. The monoisotopic (exact) mass is 471 g/mol. The maximum atomic E-state index is 13.2. The molecule has 0 saturated carbocycles. The second kappa shape index (κ2) is 10.4. The standard InChI is InChI=1S/C28H29N3O4/c1-4-30(5-2)22-10-6-20(7-11-22)25-24(26(32)21-8-12-23(35-3)13-9-21)27(33)28(34)31(25)18-19-14-16-29-17-15-19/h6-17,25,32H,4-5,18H2,1-3H3/b26-24-. The van der Waals surface area contributed by atoms with E-state index >= 15 is 0 Å². The third-order valence-electron chi connectivity index (χ3n) is 6.34. The average Bonchev–Trinajstić information content (AvgIpc) is 3.15. The highest BCUT2D eigenvalue weighted by atomic mass is 16.5. The Labute approximate surface area is 205 Å². The highest BCUT2D eigenvalue weighted by Crippen LogP contribution is 2.40. The Hall–Kier alpha value is -4.13. The van der Waals surface area contributed by atoms with Crippen LogP contribution in [0.3, 0.4) is 0 Å².